The van der Waals surface area contributed by atoms with Gasteiger partial charge in [0.15, 0.2) is 0 Å². The Labute approximate surface area is 85.6 Å². The highest BCUT2D eigenvalue weighted by Gasteiger charge is 2.28. The first-order chi connectivity index (χ1) is 6.75. The van der Waals surface area contributed by atoms with Crippen molar-refractivity contribution >= 4 is 5.91 Å². The van der Waals surface area contributed by atoms with Crippen LogP contribution in [0.25, 0.3) is 0 Å². The quantitative estimate of drug-likeness (QED) is 0.501. The van der Waals surface area contributed by atoms with Gasteiger partial charge in [0, 0.05) is 19.5 Å². The lowest BCUT2D eigenvalue weighted by atomic mass is 9.97. The van der Waals surface area contributed by atoms with Crippen molar-refractivity contribution in [3.8, 4) is 12.3 Å². The Morgan fingerprint density at radius 1 is 1.64 bits per heavy atom. The van der Waals surface area contributed by atoms with Crippen molar-refractivity contribution in [2.24, 2.45) is 11.8 Å². The van der Waals surface area contributed by atoms with E-state index in [9.17, 15) is 4.79 Å². The molecule has 1 aliphatic heterocycles. The predicted molar refractivity (Wildman–Crippen MR) is 56.6 cm³/mol. The molecule has 0 radical (unpaired) electrons. The fourth-order valence-corrected chi connectivity index (χ4v) is 1.69. The van der Waals surface area contributed by atoms with Crippen LogP contribution in [-0.2, 0) is 4.79 Å². The first kappa shape index (κ1) is 11.1. The maximum Gasteiger partial charge on any atom is 0.224 e. The Hall–Kier alpha value is -1.01. The van der Waals surface area contributed by atoms with Crippen molar-refractivity contribution in [3.63, 3.8) is 0 Å². The van der Waals surface area contributed by atoms with E-state index >= 15 is 0 Å². The first-order valence-electron chi connectivity index (χ1n) is 5.17. The van der Waals surface area contributed by atoms with Crippen LogP contribution in [0.3, 0.4) is 0 Å². The molecule has 0 bridgehead atoms. The number of terminal acetylenes is 1. The van der Waals surface area contributed by atoms with Gasteiger partial charge in [0.05, 0.1) is 5.92 Å². The third-order valence-corrected chi connectivity index (χ3v) is 2.65. The molecule has 1 aliphatic rings. The van der Waals surface area contributed by atoms with E-state index in [1.165, 1.54) is 0 Å². The van der Waals surface area contributed by atoms with Crippen LogP contribution in [0.15, 0.2) is 0 Å². The minimum Gasteiger partial charge on any atom is -0.356 e. The third kappa shape index (κ3) is 3.04. The molecule has 14 heavy (non-hydrogen) atoms. The number of nitrogens with one attached hydrogen (secondary N) is 2. The molecule has 1 rings (SSSR count). The number of carbonyl (C=O) groups is 1. The maximum absolute atomic E-state index is 11.6. The summed E-state index contributed by atoms with van der Waals surface area (Å²) in [4.78, 5) is 11.6. The standard InChI is InChI=1S/C11H18N2O/c1-3-4-5-6-13-11(14)10-8-12-7-9(10)2/h1,9-10,12H,4-8H2,2H3,(H,13,14). The summed E-state index contributed by atoms with van der Waals surface area (Å²) in [6.07, 6.45) is 6.72. The highest BCUT2D eigenvalue weighted by atomic mass is 16.1. The summed E-state index contributed by atoms with van der Waals surface area (Å²) in [5, 5.41) is 6.13. The van der Waals surface area contributed by atoms with Gasteiger partial charge in [0.25, 0.3) is 0 Å². The van der Waals surface area contributed by atoms with Crippen LogP contribution in [-0.4, -0.2) is 25.5 Å². The van der Waals surface area contributed by atoms with Crippen molar-refractivity contribution in [1.29, 1.82) is 0 Å². The summed E-state index contributed by atoms with van der Waals surface area (Å²) < 4.78 is 0. The van der Waals surface area contributed by atoms with Crippen LogP contribution in [0.4, 0.5) is 0 Å². The second-order valence-electron chi connectivity index (χ2n) is 3.84. The van der Waals surface area contributed by atoms with Crippen LogP contribution in [0.2, 0.25) is 0 Å². The fourth-order valence-electron chi connectivity index (χ4n) is 1.69. The van der Waals surface area contributed by atoms with E-state index in [1.807, 2.05) is 0 Å². The molecule has 0 aromatic rings. The molecule has 1 heterocycles. The van der Waals surface area contributed by atoms with E-state index in [-0.39, 0.29) is 11.8 Å². The number of unbranched alkanes of at least 4 members (excludes halogenated alkanes) is 1. The summed E-state index contributed by atoms with van der Waals surface area (Å²) in [5.41, 5.74) is 0. The Morgan fingerprint density at radius 2 is 2.43 bits per heavy atom. The van der Waals surface area contributed by atoms with Gasteiger partial charge in [0.1, 0.15) is 0 Å². The molecule has 0 aromatic heterocycles. The highest BCUT2D eigenvalue weighted by Crippen LogP contribution is 2.15. The van der Waals surface area contributed by atoms with Crippen LogP contribution < -0.4 is 10.6 Å². The monoisotopic (exact) mass is 194 g/mol. The van der Waals surface area contributed by atoms with E-state index in [0.29, 0.717) is 12.5 Å². The van der Waals surface area contributed by atoms with Gasteiger partial charge in [-0.1, -0.05) is 6.92 Å². The number of carbonyl (C=O) groups excluding carboxylic acids is 1. The molecular formula is C11H18N2O. The second kappa shape index (κ2) is 5.66. The van der Waals surface area contributed by atoms with Crippen molar-refractivity contribution in [3.05, 3.63) is 0 Å². The molecule has 2 atom stereocenters. The topological polar surface area (TPSA) is 41.1 Å². The zero-order chi connectivity index (χ0) is 10.4. The van der Waals surface area contributed by atoms with Gasteiger partial charge in [-0.3, -0.25) is 4.79 Å². The molecule has 0 aliphatic carbocycles. The molecular weight excluding hydrogens is 176 g/mol. The zero-order valence-corrected chi connectivity index (χ0v) is 8.68. The second-order valence-corrected chi connectivity index (χ2v) is 3.84. The fraction of sp³-hybridized carbons (Fsp3) is 0.727. The van der Waals surface area contributed by atoms with Crippen molar-refractivity contribution in [1.82, 2.24) is 10.6 Å². The SMILES string of the molecule is C#CCCCNC(=O)C1CNCC1C. The molecule has 3 heteroatoms. The largest absolute Gasteiger partial charge is 0.356 e. The highest BCUT2D eigenvalue weighted by molar-refractivity contribution is 5.79. The summed E-state index contributed by atoms with van der Waals surface area (Å²) >= 11 is 0. The Morgan fingerprint density at radius 3 is 3.00 bits per heavy atom. The Bertz CT molecular complexity index is 232. The smallest absolute Gasteiger partial charge is 0.224 e. The van der Waals surface area contributed by atoms with Crippen LogP contribution in [0.1, 0.15) is 19.8 Å². The van der Waals surface area contributed by atoms with Crippen molar-refractivity contribution < 1.29 is 4.79 Å². The van der Waals surface area contributed by atoms with Gasteiger partial charge in [-0.2, -0.15) is 0 Å². The summed E-state index contributed by atoms with van der Waals surface area (Å²) in [5.74, 6) is 3.31. The summed E-state index contributed by atoms with van der Waals surface area (Å²) in [7, 11) is 0. The van der Waals surface area contributed by atoms with Gasteiger partial charge < -0.3 is 10.6 Å². The van der Waals surface area contributed by atoms with E-state index in [2.05, 4.69) is 23.5 Å². The minimum absolute atomic E-state index is 0.140. The Kier molecular flexibility index (Phi) is 4.48. The molecule has 3 nitrogen and oxygen atoms in total. The lowest BCUT2D eigenvalue weighted by Crippen LogP contribution is -2.34. The third-order valence-electron chi connectivity index (χ3n) is 2.65. The van der Waals surface area contributed by atoms with Crippen LogP contribution >= 0.6 is 0 Å². The molecule has 78 valence electrons. The van der Waals surface area contributed by atoms with Crippen LogP contribution in [0, 0.1) is 24.2 Å². The predicted octanol–water partition coefficient (Wildman–Crippen LogP) is 0.371. The molecule has 2 unspecified atom stereocenters. The number of hydrogen-bond acceptors (Lipinski definition) is 2. The average Bonchev–Trinajstić information content (AvgIpc) is 2.59. The number of amides is 1. The number of rotatable bonds is 4. The van der Waals surface area contributed by atoms with Crippen molar-refractivity contribution in [2.75, 3.05) is 19.6 Å². The summed E-state index contributed by atoms with van der Waals surface area (Å²) in [6, 6.07) is 0. The minimum atomic E-state index is 0.140. The van der Waals surface area contributed by atoms with Crippen molar-refractivity contribution in [2.45, 2.75) is 19.8 Å². The van der Waals surface area contributed by atoms with Crippen LogP contribution in [0.5, 0.6) is 0 Å². The van der Waals surface area contributed by atoms with Gasteiger partial charge in [-0.05, 0) is 18.9 Å². The molecule has 0 aromatic carbocycles. The molecule has 0 spiro atoms. The molecule has 2 N–H and O–H groups in total. The maximum atomic E-state index is 11.6. The molecule has 0 saturated carbocycles. The van der Waals surface area contributed by atoms with Gasteiger partial charge in [0.2, 0.25) is 5.91 Å². The van der Waals surface area contributed by atoms with E-state index in [4.69, 9.17) is 6.42 Å². The average molecular weight is 194 g/mol. The molecule has 1 saturated heterocycles. The lowest BCUT2D eigenvalue weighted by molar-refractivity contribution is -0.125. The normalized spacial score (nSPS) is 25.7. The summed E-state index contributed by atoms with van der Waals surface area (Å²) in [6.45, 7) is 4.56. The van der Waals surface area contributed by atoms with E-state index in [1.54, 1.807) is 0 Å². The van der Waals surface area contributed by atoms with Gasteiger partial charge >= 0.3 is 0 Å². The lowest BCUT2D eigenvalue weighted by Gasteiger charge is -2.13. The first-order valence-corrected chi connectivity index (χ1v) is 5.17. The van der Waals surface area contributed by atoms with E-state index in [0.717, 1.165) is 25.9 Å². The number of hydrogen-bond donors (Lipinski definition) is 2. The zero-order valence-electron chi connectivity index (χ0n) is 8.68. The Balaban J connectivity index is 2.18. The van der Waals surface area contributed by atoms with Gasteiger partial charge in [-0.25, -0.2) is 0 Å². The molecule has 1 fully saturated rings. The van der Waals surface area contributed by atoms with Gasteiger partial charge in [-0.15, -0.1) is 12.3 Å². The molecule has 1 amide bonds. The van der Waals surface area contributed by atoms with E-state index < -0.39 is 0 Å².